The lowest BCUT2D eigenvalue weighted by molar-refractivity contribution is 0.299. The molecule has 1 atom stereocenters. The van der Waals surface area contributed by atoms with Crippen LogP contribution in [0.5, 0.6) is 0 Å². The summed E-state index contributed by atoms with van der Waals surface area (Å²) in [7, 11) is 0. The van der Waals surface area contributed by atoms with Crippen LogP contribution in [0.3, 0.4) is 0 Å². The molecule has 0 bridgehead atoms. The predicted octanol–water partition coefficient (Wildman–Crippen LogP) is 3.77. The maximum Gasteiger partial charge on any atom is 0.438 e. The lowest BCUT2D eigenvalue weighted by atomic mass is 10.2. The van der Waals surface area contributed by atoms with Crippen LogP contribution >= 0.6 is 23.8 Å². The van der Waals surface area contributed by atoms with Gasteiger partial charge in [-0.1, -0.05) is 79.6 Å². The summed E-state index contributed by atoms with van der Waals surface area (Å²) >= 11 is 4.12. The maximum absolute atomic E-state index is 10.5. The molecule has 246 valence electrons. The third kappa shape index (κ3) is 15.2. The number of H-pyrrole nitrogens is 4. The van der Waals surface area contributed by atoms with Crippen LogP contribution in [0.2, 0.25) is 0 Å². The highest BCUT2D eigenvalue weighted by Crippen LogP contribution is 2.07. The van der Waals surface area contributed by atoms with Gasteiger partial charge in [0.15, 0.2) is 11.6 Å². The summed E-state index contributed by atoms with van der Waals surface area (Å²) < 4.78 is 31.3. The summed E-state index contributed by atoms with van der Waals surface area (Å²) in [6.45, 7) is 19.8. The second-order valence-corrected chi connectivity index (χ2v) is 12.2. The van der Waals surface area contributed by atoms with Crippen LogP contribution in [-0.2, 0) is 15.6 Å². The number of rotatable bonds is 5. The molecule has 5 heterocycles. The zero-order valence-corrected chi connectivity index (χ0v) is 28.6. The van der Waals surface area contributed by atoms with Crippen molar-refractivity contribution in [2.75, 3.05) is 0 Å². The molecule has 5 N–H and O–H groups in total. The monoisotopic (exact) mass is 676 g/mol. The van der Waals surface area contributed by atoms with Gasteiger partial charge in [0.1, 0.15) is 17.5 Å². The fourth-order valence-electron chi connectivity index (χ4n) is 2.30. The van der Waals surface area contributed by atoms with Crippen LogP contribution in [-0.4, -0.2) is 60.3 Å². The van der Waals surface area contributed by atoms with Gasteiger partial charge in [0.25, 0.3) is 0 Å². The molecular formula is C23H40N12O6S3. The van der Waals surface area contributed by atoms with Crippen molar-refractivity contribution in [1.82, 2.24) is 55.7 Å². The first-order valence-electron chi connectivity index (χ1n) is 13.4. The standard InChI is InChI=1S/C5H8N2O2.2C5H8N2OS.C4H8N4.C4H8N2O2S/c2*1-3(2)4-6-5(8)9-7-4;1-3(2)4-6-5(9)8-7-4;1-3(2)4-5-7-8-6-4;1-3(2)4-5-8-9(7)6-4/h2*3H,1-2H3,(H,6,7,8);3H,1-2H3,(H,6,7,9);3H,1-2H3,(H,5,6,7,8);3H,1-2H3,(H,5,6). The minimum atomic E-state index is -1.50. The van der Waals surface area contributed by atoms with E-state index in [9.17, 15) is 13.8 Å². The molecule has 1 unspecified atom stereocenters. The molecule has 1 aliphatic rings. The smallest absolute Gasteiger partial charge is 0.348 e. The van der Waals surface area contributed by atoms with E-state index in [1.165, 1.54) is 0 Å². The zero-order valence-electron chi connectivity index (χ0n) is 26.2. The van der Waals surface area contributed by atoms with E-state index in [0.717, 1.165) is 29.0 Å². The van der Waals surface area contributed by atoms with Crippen molar-refractivity contribution in [3.63, 3.8) is 0 Å². The Morgan fingerprint density at radius 2 is 1.48 bits per heavy atom. The summed E-state index contributed by atoms with van der Waals surface area (Å²) in [5.41, 5.74) is 2.46. The predicted molar refractivity (Wildman–Crippen MR) is 167 cm³/mol. The van der Waals surface area contributed by atoms with Gasteiger partial charge in [-0.2, -0.15) is 18.9 Å². The van der Waals surface area contributed by atoms with Gasteiger partial charge in [0.05, 0.1) is 0 Å². The van der Waals surface area contributed by atoms with E-state index in [1.54, 1.807) is 0 Å². The number of nitrogens with zero attached hydrogens (tertiary/aromatic N) is 7. The molecule has 0 saturated heterocycles. The first-order chi connectivity index (χ1) is 20.6. The lowest BCUT2D eigenvalue weighted by Crippen LogP contribution is -2.21. The molecule has 0 aromatic carbocycles. The van der Waals surface area contributed by atoms with E-state index in [2.05, 4.69) is 81.2 Å². The molecule has 4 aromatic rings. The Morgan fingerprint density at radius 1 is 0.841 bits per heavy atom. The van der Waals surface area contributed by atoms with Gasteiger partial charge < -0.3 is 4.52 Å². The number of tetrazole rings is 1. The van der Waals surface area contributed by atoms with E-state index < -0.39 is 17.0 Å². The average molecular weight is 677 g/mol. The van der Waals surface area contributed by atoms with E-state index >= 15 is 0 Å². The van der Waals surface area contributed by atoms with Crippen LogP contribution in [0.4, 0.5) is 0 Å². The quantitative estimate of drug-likeness (QED) is 0.189. The molecule has 0 amide bonds. The number of amidine groups is 1. The highest BCUT2D eigenvalue weighted by molar-refractivity contribution is 7.79. The fourth-order valence-corrected chi connectivity index (χ4v) is 3.63. The SMILES string of the molecule is CC(C)C1=NS(=O)ON1.CC(C)c1nc(=S)o[nH]1.CC(C)c1nn[nH]n1.CC(C)c1noc(=O)[nH]1.CC(C)c1nsc(=O)[nH]1. The van der Waals surface area contributed by atoms with Gasteiger partial charge in [-0.15, -0.1) is 14.6 Å². The normalized spacial score (nSPS) is 13.7. The van der Waals surface area contributed by atoms with Crippen molar-refractivity contribution in [1.29, 1.82) is 0 Å². The molecule has 0 spiro atoms. The Kier molecular flexibility index (Phi) is 17.0. The number of nitrogens with one attached hydrogen (secondary N) is 5. The maximum atomic E-state index is 10.5. The van der Waals surface area contributed by atoms with E-state index in [4.69, 9.17) is 4.52 Å². The minimum Gasteiger partial charge on any atom is -0.348 e. The molecule has 0 aliphatic carbocycles. The first kappa shape index (κ1) is 38.3. The topological polar surface area (TPSA) is 252 Å². The van der Waals surface area contributed by atoms with Gasteiger partial charge in [-0.3, -0.25) is 19.3 Å². The van der Waals surface area contributed by atoms with Crippen LogP contribution in [0.25, 0.3) is 0 Å². The number of aromatic nitrogens is 10. The molecule has 0 saturated carbocycles. The van der Waals surface area contributed by atoms with Crippen LogP contribution in [0.1, 0.15) is 116 Å². The minimum absolute atomic E-state index is 0.0706. The molecular weight excluding hydrogens is 637 g/mol. The molecule has 5 rings (SSSR count). The number of hydrogen-bond donors (Lipinski definition) is 5. The van der Waals surface area contributed by atoms with E-state index in [1.807, 2.05) is 69.2 Å². The molecule has 0 fully saturated rings. The number of hydroxylamine groups is 1. The summed E-state index contributed by atoms with van der Waals surface area (Å²) in [5.74, 6) is 4.62. The highest BCUT2D eigenvalue weighted by Gasteiger charge is 2.15. The van der Waals surface area contributed by atoms with Crippen molar-refractivity contribution in [3.05, 3.63) is 48.4 Å². The largest absolute Gasteiger partial charge is 0.438 e. The van der Waals surface area contributed by atoms with Gasteiger partial charge >= 0.3 is 26.7 Å². The van der Waals surface area contributed by atoms with Crippen molar-refractivity contribution >= 4 is 40.9 Å². The Labute approximate surface area is 265 Å². The highest BCUT2D eigenvalue weighted by atomic mass is 32.2. The van der Waals surface area contributed by atoms with Crippen LogP contribution < -0.4 is 16.1 Å². The zero-order chi connectivity index (χ0) is 33.4. The molecule has 1 aliphatic heterocycles. The third-order valence-electron chi connectivity index (χ3n) is 4.82. The van der Waals surface area contributed by atoms with Gasteiger partial charge in [-0.25, -0.2) is 19.6 Å². The van der Waals surface area contributed by atoms with E-state index in [0.29, 0.717) is 29.4 Å². The van der Waals surface area contributed by atoms with E-state index in [-0.39, 0.29) is 21.5 Å². The molecule has 18 nitrogen and oxygen atoms in total. The summed E-state index contributed by atoms with van der Waals surface area (Å²) in [5, 5.41) is 19.4. The third-order valence-corrected chi connectivity index (χ3v) is 6.13. The second kappa shape index (κ2) is 19.6. The Hall–Kier alpha value is -3.69. The van der Waals surface area contributed by atoms with Gasteiger partial charge in [0, 0.05) is 41.1 Å². The van der Waals surface area contributed by atoms with Gasteiger partial charge in [0.2, 0.25) is 0 Å². The van der Waals surface area contributed by atoms with Crippen molar-refractivity contribution in [2.24, 2.45) is 10.3 Å². The molecule has 44 heavy (non-hydrogen) atoms. The summed E-state index contributed by atoms with van der Waals surface area (Å²) in [4.78, 5) is 30.0. The fraction of sp³-hybridized carbons (Fsp3) is 0.652. The van der Waals surface area contributed by atoms with Crippen molar-refractivity contribution < 1.29 is 17.5 Å². The Morgan fingerprint density at radius 3 is 1.70 bits per heavy atom. The molecule has 21 heteroatoms. The summed E-state index contributed by atoms with van der Waals surface area (Å²) in [6.07, 6.45) is 0. The molecule has 0 radical (unpaired) electrons. The number of aromatic amines is 4. The van der Waals surface area contributed by atoms with Gasteiger partial charge in [-0.05, 0) is 12.2 Å². The second-order valence-electron chi connectivity index (χ2n) is 10.4. The average Bonchev–Trinajstić information content (AvgIpc) is 3.76. The Balaban J connectivity index is 0.000000275. The first-order valence-corrected chi connectivity index (χ1v) is 15.7. The lowest BCUT2D eigenvalue weighted by Gasteiger charge is -1.99. The molecule has 4 aromatic heterocycles. The van der Waals surface area contributed by atoms with Crippen molar-refractivity contribution in [3.8, 4) is 0 Å². The van der Waals surface area contributed by atoms with Crippen LogP contribution in [0, 0.1) is 10.8 Å². The number of hydrogen-bond acceptors (Lipinski definition) is 15. The van der Waals surface area contributed by atoms with Crippen LogP contribution in [0.15, 0.2) is 23.0 Å². The summed E-state index contributed by atoms with van der Waals surface area (Å²) in [6, 6.07) is 0. The Bertz CT molecular complexity index is 1440. The van der Waals surface area contributed by atoms with Crippen molar-refractivity contribution in [2.45, 2.75) is 92.9 Å².